The summed E-state index contributed by atoms with van der Waals surface area (Å²) in [5.41, 5.74) is 9.27. The number of hydrogen-bond acceptors (Lipinski definition) is 6. The monoisotopic (exact) mass is 444 g/mol. The number of anilines is 3. The van der Waals surface area contributed by atoms with Crippen molar-refractivity contribution in [2.45, 2.75) is 19.8 Å². The molecule has 0 saturated carbocycles. The van der Waals surface area contributed by atoms with Gasteiger partial charge in [-0.05, 0) is 36.2 Å². The Balaban J connectivity index is 1.59. The van der Waals surface area contributed by atoms with Crippen LogP contribution in [0.15, 0.2) is 60.9 Å². The van der Waals surface area contributed by atoms with Gasteiger partial charge in [0.15, 0.2) is 11.6 Å². The Hall–Kier alpha value is -4.40. The third kappa shape index (κ3) is 4.47. The summed E-state index contributed by atoms with van der Waals surface area (Å²) in [4.78, 5) is 29.9. The quantitative estimate of drug-likeness (QED) is 0.381. The summed E-state index contributed by atoms with van der Waals surface area (Å²) in [6.07, 6.45) is 1.37. The number of ketones is 1. The molecule has 0 unspecified atom stereocenters. The SMILES string of the molecule is COc1cccc(NC(=O)Nc2cccc(C(=O)c3cc(C(C)C)n4ncnc(N)c34)c2)c1. The van der Waals surface area contributed by atoms with Gasteiger partial charge in [-0.15, -0.1) is 0 Å². The van der Waals surface area contributed by atoms with E-state index in [0.29, 0.717) is 33.8 Å². The van der Waals surface area contributed by atoms with Crippen molar-refractivity contribution in [1.82, 2.24) is 14.6 Å². The molecule has 2 aromatic heterocycles. The van der Waals surface area contributed by atoms with Crippen LogP contribution >= 0.6 is 0 Å². The fourth-order valence-electron chi connectivity index (χ4n) is 3.56. The summed E-state index contributed by atoms with van der Waals surface area (Å²) in [6, 6.07) is 15.1. The molecular weight excluding hydrogens is 420 g/mol. The van der Waals surface area contributed by atoms with Crippen molar-refractivity contribution >= 4 is 34.5 Å². The van der Waals surface area contributed by atoms with Crippen LogP contribution in [-0.4, -0.2) is 33.5 Å². The summed E-state index contributed by atoms with van der Waals surface area (Å²) in [7, 11) is 1.56. The largest absolute Gasteiger partial charge is 0.497 e. The molecule has 0 spiro atoms. The molecule has 2 aromatic carbocycles. The zero-order chi connectivity index (χ0) is 23.5. The van der Waals surface area contributed by atoms with Crippen LogP contribution in [0.1, 0.15) is 41.4 Å². The number of nitrogens with zero attached hydrogens (tertiary/aromatic N) is 3. The van der Waals surface area contributed by atoms with Crippen LogP contribution in [0.5, 0.6) is 5.75 Å². The Bertz CT molecular complexity index is 1350. The molecular formula is C24H24N6O3. The van der Waals surface area contributed by atoms with Crippen molar-refractivity contribution in [2.75, 3.05) is 23.5 Å². The number of ether oxygens (including phenoxy) is 1. The number of aromatic nitrogens is 3. The lowest BCUT2D eigenvalue weighted by Crippen LogP contribution is -2.19. The van der Waals surface area contributed by atoms with Gasteiger partial charge < -0.3 is 21.1 Å². The summed E-state index contributed by atoms with van der Waals surface area (Å²) in [5.74, 6) is 0.746. The van der Waals surface area contributed by atoms with E-state index in [0.717, 1.165) is 5.69 Å². The number of urea groups is 1. The van der Waals surface area contributed by atoms with Gasteiger partial charge in [-0.3, -0.25) is 4.79 Å². The van der Waals surface area contributed by atoms with E-state index in [1.165, 1.54) is 6.33 Å². The summed E-state index contributed by atoms with van der Waals surface area (Å²) >= 11 is 0. The molecule has 0 atom stereocenters. The average molecular weight is 444 g/mol. The smallest absolute Gasteiger partial charge is 0.323 e. The Kier molecular flexibility index (Phi) is 5.95. The number of nitrogen functional groups attached to an aromatic ring is 1. The normalized spacial score (nSPS) is 10.9. The Morgan fingerprint density at radius 2 is 1.73 bits per heavy atom. The number of carbonyl (C=O) groups excluding carboxylic acids is 2. The summed E-state index contributed by atoms with van der Waals surface area (Å²) in [6.45, 7) is 4.03. The first-order valence-corrected chi connectivity index (χ1v) is 10.4. The second-order valence-corrected chi connectivity index (χ2v) is 7.76. The fourth-order valence-corrected chi connectivity index (χ4v) is 3.56. The van der Waals surface area contributed by atoms with Gasteiger partial charge in [-0.2, -0.15) is 5.10 Å². The molecule has 9 heteroatoms. The van der Waals surface area contributed by atoms with Gasteiger partial charge in [0, 0.05) is 28.7 Å². The van der Waals surface area contributed by atoms with Crippen LogP contribution in [0.3, 0.4) is 0 Å². The standard InChI is InChI=1S/C24H24N6O3/c1-14(2)20-12-19(21-23(25)26-13-27-30(20)21)22(31)15-6-4-7-16(10-15)28-24(32)29-17-8-5-9-18(11-17)33-3/h4-14H,1-3H3,(H2,25,26,27)(H2,28,29,32). The molecule has 4 N–H and O–H groups in total. The Morgan fingerprint density at radius 1 is 1.03 bits per heavy atom. The molecule has 4 rings (SSSR count). The van der Waals surface area contributed by atoms with Crippen LogP contribution in [0.25, 0.3) is 5.52 Å². The maximum atomic E-state index is 13.4. The zero-order valence-electron chi connectivity index (χ0n) is 18.5. The first-order valence-electron chi connectivity index (χ1n) is 10.4. The van der Waals surface area contributed by atoms with Crippen molar-refractivity contribution in [1.29, 1.82) is 0 Å². The number of amides is 2. The molecule has 2 heterocycles. The number of hydrogen-bond donors (Lipinski definition) is 3. The lowest BCUT2D eigenvalue weighted by molar-refractivity contribution is 0.104. The third-order valence-electron chi connectivity index (χ3n) is 5.16. The fraction of sp³-hybridized carbons (Fsp3) is 0.167. The molecule has 0 radical (unpaired) electrons. The van der Waals surface area contributed by atoms with Crippen molar-refractivity contribution in [3.63, 3.8) is 0 Å². The van der Waals surface area contributed by atoms with Gasteiger partial charge in [0.05, 0.1) is 12.7 Å². The van der Waals surface area contributed by atoms with Crippen molar-refractivity contribution < 1.29 is 14.3 Å². The van der Waals surface area contributed by atoms with E-state index in [1.54, 1.807) is 66.2 Å². The molecule has 168 valence electrons. The first-order chi connectivity index (χ1) is 15.9. The molecule has 0 aliphatic rings. The van der Waals surface area contributed by atoms with Crippen molar-refractivity contribution in [2.24, 2.45) is 0 Å². The molecule has 2 amide bonds. The van der Waals surface area contributed by atoms with Gasteiger partial charge >= 0.3 is 6.03 Å². The van der Waals surface area contributed by atoms with Gasteiger partial charge in [0.25, 0.3) is 0 Å². The maximum absolute atomic E-state index is 13.4. The van der Waals surface area contributed by atoms with E-state index in [-0.39, 0.29) is 17.5 Å². The minimum atomic E-state index is -0.443. The topological polar surface area (TPSA) is 124 Å². The molecule has 33 heavy (non-hydrogen) atoms. The molecule has 0 saturated heterocycles. The van der Waals surface area contributed by atoms with E-state index in [4.69, 9.17) is 10.5 Å². The molecule has 0 fully saturated rings. The number of carbonyl (C=O) groups is 2. The molecule has 0 aliphatic heterocycles. The second kappa shape index (κ2) is 8.99. The average Bonchev–Trinajstić information content (AvgIpc) is 3.20. The van der Waals surface area contributed by atoms with Crippen LogP contribution in [0, 0.1) is 0 Å². The predicted molar refractivity (Wildman–Crippen MR) is 127 cm³/mol. The summed E-state index contributed by atoms with van der Waals surface area (Å²) in [5, 5.41) is 9.76. The first kappa shape index (κ1) is 21.8. The lowest BCUT2D eigenvalue weighted by Gasteiger charge is -2.10. The van der Waals surface area contributed by atoms with E-state index in [9.17, 15) is 9.59 Å². The van der Waals surface area contributed by atoms with Crippen LogP contribution in [-0.2, 0) is 0 Å². The third-order valence-corrected chi connectivity index (χ3v) is 5.16. The number of nitrogens with one attached hydrogen (secondary N) is 2. The number of benzene rings is 2. The summed E-state index contributed by atoms with van der Waals surface area (Å²) < 4.78 is 6.82. The molecule has 0 aliphatic carbocycles. The van der Waals surface area contributed by atoms with Gasteiger partial charge in [0.1, 0.15) is 17.6 Å². The highest BCUT2D eigenvalue weighted by molar-refractivity contribution is 6.15. The Morgan fingerprint density at radius 3 is 2.42 bits per heavy atom. The van der Waals surface area contributed by atoms with E-state index in [2.05, 4.69) is 20.7 Å². The Labute approximate surface area is 190 Å². The minimum absolute atomic E-state index is 0.127. The van der Waals surface area contributed by atoms with Gasteiger partial charge in [-0.1, -0.05) is 32.0 Å². The van der Waals surface area contributed by atoms with Crippen molar-refractivity contribution in [3.8, 4) is 5.75 Å². The number of methoxy groups -OCH3 is 1. The lowest BCUT2D eigenvalue weighted by atomic mass is 10.0. The maximum Gasteiger partial charge on any atom is 0.323 e. The molecule has 9 nitrogen and oxygen atoms in total. The molecule has 0 bridgehead atoms. The number of nitrogens with two attached hydrogens (primary N) is 1. The number of rotatable bonds is 6. The van der Waals surface area contributed by atoms with Crippen molar-refractivity contribution in [3.05, 3.63) is 77.7 Å². The highest BCUT2D eigenvalue weighted by atomic mass is 16.5. The number of fused-ring (bicyclic) bond motifs is 1. The van der Waals surface area contributed by atoms with Crippen LogP contribution < -0.4 is 21.1 Å². The van der Waals surface area contributed by atoms with E-state index < -0.39 is 6.03 Å². The minimum Gasteiger partial charge on any atom is -0.497 e. The molecule has 4 aromatic rings. The van der Waals surface area contributed by atoms with Crippen LogP contribution in [0.4, 0.5) is 22.0 Å². The van der Waals surface area contributed by atoms with E-state index in [1.807, 2.05) is 13.8 Å². The van der Waals surface area contributed by atoms with Crippen LogP contribution in [0.2, 0.25) is 0 Å². The van der Waals surface area contributed by atoms with E-state index >= 15 is 0 Å². The van der Waals surface area contributed by atoms with Gasteiger partial charge in [0.2, 0.25) is 0 Å². The predicted octanol–water partition coefficient (Wildman–Crippen LogP) is 4.32. The highest BCUT2D eigenvalue weighted by Crippen LogP contribution is 2.27. The zero-order valence-corrected chi connectivity index (χ0v) is 18.5. The highest BCUT2D eigenvalue weighted by Gasteiger charge is 2.22. The van der Waals surface area contributed by atoms with Gasteiger partial charge in [-0.25, -0.2) is 14.3 Å². The second-order valence-electron chi connectivity index (χ2n) is 7.76.